The highest BCUT2D eigenvalue weighted by atomic mass is 19.4. The van der Waals surface area contributed by atoms with Gasteiger partial charge in [0, 0.05) is 0 Å². The van der Waals surface area contributed by atoms with Crippen LogP contribution < -0.4 is 0 Å². The SMILES string of the molecule is CC=C(C(=O)OCC)C(F)(F)C(F)(F)C(F)(F)C(F)(F)C(F)(F)C(F)(F)C(F)(F)C(F)(F)C(F)(C(F)(F)F)C(F)(F)F. The van der Waals surface area contributed by atoms with Gasteiger partial charge in [-0.05, 0) is 13.8 Å². The van der Waals surface area contributed by atoms with Gasteiger partial charge in [0.25, 0.3) is 0 Å². The van der Waals surface area contributed by atoms with E-state index in [1.54, 1.807) is 0 Å². The average Bonchev–Trinajstić information content (AvgIpc) is 2.76. The molecule has 42 heavy (non-hydrogen) atoms. The average molecular weight is 682 g/mol. The summed E-state index contributed by atoms with van der Waals surface area (Å²) in [7, 11) is 0. The summed E-state index contributed by atoms with van der Waals surface area (Å²) in [4.78, 5) is 11.3. The highest BCUT2D eigenvalue weighted by Crippen LogP contribution is 2.68. The minimum atomic E-state index is -9.54. The molecule has 0 bridgehead atoms. The summed E-state index contributed by atoms with van der Waals surface area (Å²) in [5.41, 5.74) is -12.2. The Balaban J connectivity index is 7.48. The smallest absolute Gasteiger partial charge is 0.438 e. The summed E-state index contributed by atoms with van der Waals surface area (Å²) in [6.07, 6.45) is -17.8. The third-order valence-electron chi connectivity index (χ3n) is 5.10. The third-order valence-corrected chi connectivity index (χ3v) is 5.10. The first kappa shape index (κ1) is 39.6. The van der Waals surface area contributed by atoms with Crippen LogP contribution in [0.25, 0.3) is 0 Å². The number of hydrogen-bond acceptors (Lipinski definition) is 2. The lowest BCUT2D eigenvalue weighted by Gasteiger charge is -2.46. The predicted molar refractivity (Wildman–Crippen MR) is 85.9 cm³/mol. The molecule has 25 heteroatoms. The Morgan fingerprint density at radius 1 is 0.500 bits per heavy atom. The number of alkyl halides is 23. The van der Waals surface area contributed by atoms with E-state index in [9.17, 15) is 106 Å². The quantitative estimate of drug-likeness (QED) is 0.124. The van der Waals surface area contributed by atoms with Gasteiger partial charge in [-0.1, -0.05) is 6.08 Å². The third kappa shape index (κ3) is 4.78. The molecule has 0 unspecified atom stereocenters. The van der Waals surface area contributed by atoms with Crippen LogP contribution in [0.15, 0.2) is 11.6 Å². The molecule has 0 aromatic carbocycles. The van der Waals surface area contributed by atoms with Crippen molar-refractivity contribution in [3.63, 3.8) is 0 Å². The number of hydrogen-bond donors (Lipinski definition) is 0. The molecule has 0 aliphatic heterocycles. The molecule has 0 radical (unpaired) electrons. The van der Waals surface area contributed by atoms with Crippen molar-refractivity contribution in [3.8, 4) is 0 Å². The van der Waals surface area contributed by atoms with E-state index in [4.69, 9.17) is 0 Å². The summed E-state index contributed by atoms with van der Waals surface area (Å²) in [6, 6.07) is 0. The summed E-state index contributed by atoms with van der Waals surface area (Å²) in [5.74, 6) is -74.6. The van der Waals surface area contributed by atoms with Gasteiger partial charge in [-0.2, -0.15) is 96.6 Å². The molecular formula is C17H9F23O2. The molecule has 0 atom stereocenters. The van der Waals surface area contributed by atoms with Crippen molar-refractivity contribution in [1.82, 2.24) is 0 Å². The summed E-state index contributed by atoms with van der Waals surface area (Å²) in [6.45, 7) is -0.335. The van der Waals surface area contributed by atoms with Gasteiger partial charge < -0.3 is 4.74 Å². The van der Waals surface area contributed by atoms with Crippen LogP contribution in [0.5, 0.6) is 0 Å². The maximum atomic E-state index is 14.1. The number of carbonyl (C=O) groups excluding carboxylic acids is 1. The number of ether oxygens (including phenoxy) is 1. The molecule has 0 aromatic heterocycles. The monoisotopic (exact) mass is 682 g/mol. The van der Waals surface area contributed by atoms with Crippen molar-refractivity contribution < 1.29 is 111 Å². The molecule has 0 amide bonds. The highest BCUT2D eigenvalue weighted by Gasteiger charge is 3.00. The highest BCUT2D eigenvalue weighted by molar-refractivity contribution is 5.90. The van der Waals surface area contributed by atoms with Crippen molar-refractivity contribution in [2.75, 3.05) is 6.61 Å². The first-order valence-electron chi connectivity index (χ1n) is 9.62. The van der Waals surface area contributed by atoms with Crippen molar-refractivity contribution in [2.45, 2.75) is 79.2 Å². The summed E-state index contributed by atoms with van der Waals surface area (Å²) in [5, 5.41) is 0. The Labute approximate surface area is 215 Å². The van der Waals surface area contributed by atoms with Gasteiger partial charge in [0.2, 0.25) is 0 Å². The van der Waals surface area contributed by atoms with Crippen LogP contribution >= 0.6 is 0 Å². The molecule has 0 rings (SSSR count). The number of carbonyl (C=O) groups is 1. The molecule has 0 saturated heterocycles. The zero-order chi connectivity index (χ0) is 34.8. The fraction of sp³-hybridized carbons (Fsp3) is 0.824. The molecule has 250 valence electrons. The molecule has 0 heterocycles. The lowest BCUT2D eigenvalue weighted by Crippen LogP contribution is -2.79. The van der Waals surface area contributed by atoms with Crippen LogP contribution in [0.2, 0.25) is 0 Å². The second-order valence-corrected chi connectivity index (χ2v) is 7.67. The maximum absolute atomic E-state index is 14.1. The number of rotatable bonds is 11. The lowest BCUT2D eigenvalue weighted by atomic mass is 9.82. The molecule has 0 aromatic rings. The number of allylic oxidation sites excluding steroid dienone is 1. The van der Waals surface area contributed by atoms with Crippen LogP contribution in [-0.4, -0.2) is 78.0 Å². The predicted octanol–water partition coefficient (Wildman–Crippen LogP) is 8.41. The molecule has 0 N–H and O–H groups in total. The normalized spacial score (nSPS) is 16.5. The van der Waals surface area contributed by atoms with E-state index >= 15 is 0 Å². The first-order valence-corrected chi connectivity index (χ1v) is 9.62. The van der Waals surface area contributed by atoms with Crippen LogP contribution in [0.3, 0.4) is 0 Å². The van der Waals surface area contributed by atoms with Crippen molar-refractivity contribution >= 4 is 5.97 Å². The molecule has 2 nitrogen and oxygen atoms in total. The van der Waals surface area contributed by atoms with Crippen LogP contribution in [0.4, 0.5) is 101 Å². The summed E-state index contributed by atoms with van der Waals surface area (Å²) < 4.78 is 313. The molecule has 0 fully saturated rings. The second-order valence-electron chi connectivity index (χ2n) is 7.67. The van der Waals surface area contributed by atoms with E-state index in [-0.39, 0.29) is 6.92 Å². The Hall–Kier alpha value is -2.40. The molecule has 0 spiro atoms. The van der Waals surface area contributed by atoms with Crippen LogP contribution in [0.1, 0.15) is 13.8 Å². The minimum absolute atomic E-state index is 0.0580. The Kier molecular flexibility index (Phi) is 9.76. The maximum Gasteiger partial charge on any atom is 0.438 e. The largest absolute Gasteiger partial charge is 0.462 e. The standard InChI is InChI=1S/C17H9F23O2/c1-3-5(6(41)42-4-2)7(18,19)9(21,22)11(25,26)13(29,30)15(33,34)14(31,32)12(27,28)10(23,24)8(20,16(35,36)37)17(38,39)40/h3H,4H2,1-2H3. The molecule has 0 aliphatic carbocycles. The lowest BCUT2D eigenvalue weighted by molar-refractivity contribution is -0.480. The van der Waals surface area contributed by atoms with Gasteiger partial charge in [0.05, 0.1) is 6.61 Å². The van der Waals surface area contributed by atoms with Gasteiger partial charge in [-0.3, -0.25) is 0 Å². The van der Waals surface area contributed by atoms with Gasteiger partial charge in [-0.25, -0.2) is 9.18 Å². The van der Waals surface area contributed by atoms with Gasteiger partial charge in [-0.15, -0.1) is 0 Å². The topological polar surface area (TPSA) is 26.3 Å². The first-order chi connectivity index (χ1) is 17.9. The van der Waals surface area contributed by atoms with Gasteiger partial charge >= 0.3 is 71.4 Å². The minimum Gasteiger partial charge on any atom is -0.462 e. The van der Waals surface area contributed by atoms with E-state index in [0.717, 1.165) is 0 Å². The van der Waals surface area contributed by atoms with E-state index in [0.29, 0.717) is 6.92 Å². The summed E-state index contributed by atoms with van der Waals surface area (Å²) >= 11 is 0. The fourth-order valence-corrected chi connectivity index (χ4v) is 2.72. The molecule has 0 saturated carbocycles. The molecular weight excluding hydrogens is 673 g/mol. The van der Waals surface area contributed by atoms with Crippen molar-refractivity contribution in [3.05, 3.63) is 11.6 Å². The van der Waals surface area contributed by atoms with Gasteiger partial charge in [0.1, 0.15) is 5.57 Å². The van der Waals surface area contributed by atoms with Crippen LogP contribution in [0, 0.1) is 0 Å². The zero-order valence-corrected chi connectivity index (χ0v) is 19.3. The fourth-order valence-electron chi connectivity index (χ4n) is 2.72. The van der Waals surface area contributed by atoms with Crippen molar-refractivity contribution in [1.29, 1.82) is 0 Å². The molecule has 0 aliphatic rings. The Bertz CT molecular complexity index is 1020. The van der Waals surface area contributed by atoms with E-state index in [2.05, 4.69) is 4.74 Å². The van der Waals surface area contributed by atoms with E-state index in [1.807, 2.05) is 0 Å². The van der Waals surface area contributed by atoms with Crippen molar-refractivity contribution in [2.24, 2.45) is 0 Å². The number of esters is 1. The van der Waals surface area contributed by atoms with E-state index in [1.165, 1.54) is 0 Å². The van der Waals surface area contributed by atoms with E-state index < -0.39 is 89.6 Å². The van der Waals surface area contributed by atoms with Crippen LogP contribution in [-0.2, 0) is 9.53 Å². The Morgan fingerprint density at radius 3 is 1.00 bits per heavy atom. The number of halogens is 23. The Morgan fingerprint density at radius 2 is 0.762 bits per heavy atom. The second kappa shape index (κ2) is 10.4. The zero-order valence-electron chi connectivity index (χ0n) is 19.3. The van der Waals surface area contributed by atoms with Gasteiger partial charge in [0.15, 0.2) is 0 Å².